The van der Waals surface area contributed by atoms with Crippen LogP contribution < -0.4 is 0 Å². The van der Waals surface area contributed by atoms with Gasteiger partial charge in [0, 0.05) is 23.5 Å². The second-order valence-corrected chi connectivity index (χ2v) is 3.99. The number of hydrogen-bond acceptors (Lipinski definition) is 3. The van der Waals surface area contributed by atoms with Gasteiger partial charge in [-0.15, -0.1) is 0 Å². The van der Waals surface area contributed by atoms with Gasteiger partial charge in [-0.3, -0.25) is 4.79 Å². The fourth-order valence-corrected chi connectivity index (χ4v) is 1.52. The first-order valence-electron chi connectivity index (χ1n) is 6.22. The van der Waals surface area contributed by atoms with E-state index in [4.69, 9.17) is 0 Å². The number of ether oxygens (including phenoxy) is 1. The molecule has 20 heavy (non-hydrogen) atoms. The van der Waals surface area contributed by atoms with E-state index in [0.717, 1.165) is 5.56 Å². The van der Waals surface area contributed by atoms with Crippen LogP contribution in [0, 0.1) is 0 Å². The molecule has 0 saturated heterocycles. The smallest absolute Gasteiger partial charge is 0.305 e. The standard InChI is InChI=1S/C11H13O3.C5H5.Fe/c1-14-11(13)8-4-7-10(12)9-5-2-3-6-9;1-2-4-5-3-1;/h2-3,5-6H,4,7-8H2,1H3;1-5H;/q-1;-5;. The van der Waals surface area contributed by atoms with Crippen molar-refractivity contribution in [1.82, 2.24) is 0 Å². The van der Waals surface area contributed by atoms with E-state index in [1.54, 1.807) is 12.1 Å². The SMILES string of the molecule is COC(=O)CCCC(=O)[c-]1cccc1.[Fe].[cH-]1[cH-][cH-][cH-][cH-]1. The molecule has 2 aromatic carbocycles. The molecule has 0 amide bonds. The topological polar surface area (TPSA) is 43.4 Å². The molecule has 0 saturated carbocycles. The van der Waals surface area contributed by atoms with Gasteiger partial charge in [0.25, 0.3) is 0 Å². The third-order valence-electron chi connectivity index (χ3n) is 2.55. The van der Waals surface area contributed by atoms with E-state index in [1.807, 2.05) is 42.5 Å². The van der Waals surface area contributed by atoms with Gasteiger partial charge in [-0.25, -0.2) is 12.1 Å². The van der Waals surface area contributed by atoms with Crippen molar-refractivity contribution < 1.29 is 31.4 Å². The van der Waals surface area contributed by atoms with E-state index in [0.29, 0.717) is 19.3 Å². The van der Waals surface area contributed by atoms with Crippen LogP contribution in [-0.2, 0) is 26.6 Å². The van der Waals surface area contributed by atoms with Crippen LogP contribution >= 0.6 is 0 Å². The maximum absolute atomic E-state index is 11.4. The number of Topliss-reactive ketones (excluding diaryl/α,β-unsaturated/α-hetero) is 1. The Kier molecular flexibility index (Phi) is 10.3. The molecule has 0 N–H and O–H groups in total. The predicted molar refractivity (Wildman–Crippen MR) is 74.3 cm³/mol. The summed E-state index contributed by atoms with van der Waals surface area (Å²) in [5.41, 5.74) is 0.717. The Morgan fingerprint density at radius 3 is 1.95 bits per heavy atom. The summed E-state index contributed by atoms with van der Waals surface area (Å²) in [4.78, 5) is 22.2. The van der Waals surface area contributed by atoms with Gasteiger partial charge in [0.2, 0.25) is 0 Å². The average molecular weight is 314 g/mol. The van der Waals surface area contributed by atoms with Crippen LogP contribution in [0.4, 0.5) is 0 Å². The Hall–Kier alpha value is -1.64. The number of carbonyl (C=O) groups is 2. The second kappa shape index (κ2) is 11.2. The summed E-state index contributed by atoms with van der Waals surface area (Å²) in [6.45, 7) is 0. The Morgan fingerprint density at radius 2 is 1.50 bits per heavy atom. The van der Waals surface area contributed by atoms with Crippen LogP contribution in [0.3, 0.4) is 0 Å². The van der Waals surface area contributed by atoms with Crippen LogP contribution in [0.15, 0.2) is 54.6 Å². The average Bonchev–Trinajstić information content (AvgIpc) is 3.13. The number of esters is 1. The van der Waals surface area contributed by atoms with E-state index in [2.05, 4.69) is 4.74 Å². The van der Waals surface area contributed by atoms with Gasteiger partial charge >= 0.3 is 5.97 Å². The molecule has 114 valence electrons. The molecule has 2 rings (SSSR count). The summed E-state index contributed by atoms with van der Waals surface area (Å²) in [7, 11) is 1.35. The number of hydrogen-bond donors (Lipinski definition) is 0. The van der Waals surface area contributed by atoms with E-state index < -0.39 is 0 Å². The van der Waals surface area contributed by atoms with Gasteiger partial charge in [-0.05, 0) is 12.8 Å². The maximum atomic E-state index is 11.4. The Balaban J connectivity index is 0.000000507. The molecule has 0 bridgehead atoms. The van der Waals surface area contributed by atoms with Crippen molar-refractivity contribution in [3.05, 3.63) is 60.2 Å². The number of rotatable bonds is 5. The predicted octanol–water partition coefficient (Wildman–Crippen LogP) is 3.33. The molecular formula is C16H18FeO3-6. The van der Waals surface area contributed by atoms with Gasteiger partial charge in [0.05, 0.1) is 7.11 Å². The van der Waals surface area contributed by atoms with Gasteiger partial charge in [0.1, 0.15) is 5.78 Å². The summed E-state index contributed by atoms with van der Waals surface area (Å²) in [6.07, 6.45) is 1.26. The normalized spacial score (nSPS) is 8.85. The zero-order valence-corrected chi connectivity index (χ0v) is 12.5. The first kappa shape index (κ1) is 18.4. The maximum Gasteiger partial charge on any atom is 0.305 e. The van der Waals surface area contributed by atoms with Crippen LogP contribution in [0.1, 0.15) is 29.6 Å². The van der Waals surface area contributed by atoms with E-state index in [9.17, 15) is 9.59 Å². The van der Waals surface area contributed by atoms with Crippen molar-refractivity contribution >= 4 is 11.8 Å². The van der Waals surface area contributed by atoms with E-state index in [1.165, 1.54) is 7.11 Å². The summed E-state index contributed by atoms with van der Waals surface area (Å²) in [5, 5.41) is 0. The summed E-state index contributed by atoms with van der Waals surface area (Å²) >= 11 is 0. The van der Waals surface area contributed by atoms with Crippen molar-refractivity contribution in [1.29, 1.82) is 0 Å². The molecule has 0 radical (unpaired) electrons. The third kappa shape index (κ3) is 7.72. The zero-order chi connectivity index (χ0) is 13.9. The first-order valence-corrected chi connectivity index (χ1v) is 6.22. The molecule has 0 aliphatic carbocycles. The van der Waals surface area contributed by atoms with Crippen LogP contribution in [0.5, 0.6) is 0 Å². The fraction of sp³-hybridized carbons (Fsp3) is 0.250. The monoisotopic (exact) mass is 314 g/mol. The van der Waals surface area contributed by atoms with Crippen molar-refractivity contribution in [2.75, 3.05) is 7.11 Å². The minimum Gasteiger partial charge on any atom is -0.748 e. The fourth-order valence-electron chi connectivity index (χ4n) is 1.52. The molecule has 0 aliphatic rings. The van der Waals surface area contributed by atoms with E-state index >= 15 is 0 Å². The number of ketones is 1. The van der Waals surface area contributed by atoms with E-state index in [-0.39, 0.29) is 28.8 Å². The Morgan fingerprint density at radius 1 is 1.00 bits per heavy atom. The molecular weight excluding hydrogens is 296 g/mol. The largest absolute Gasteiger partial charge is 0.748 e. The quantitative estimate of drug-likeness (QED) is 0.368. The molecule has 0 spiro atoms. The summed E-state index contributed by atoms with van der Waals surface area (Å²) in [5.74, 6) is -0.181. The molecule has 0 aliphatic heterocycles. The molecule has 0 aromatic heterocycles. The number of carbonyl (C=O) groups excluding carboxylic acids is 2. The molecule has 4 heteroatoms. The zero-order valence-electron chi connectivity index (χ0n) is 11.4. The minimum absolute atomic E-state index is 0. The minimum atomic E-state index is -0.264. The van der Waals surface area contributed by atoms with Crippen molar-refractivity contribution in [3.8, 4) is 0 Å². The van der Waals surface area contributed by atoms with Gasteiger partial charge in [-0.1, -0.05) is 5.56 Å². The molecule has 3 nitrogen and oxygen atoms in total. The molecule has 2 aromatic rings. The Labute approximate surface area is 130 Å². The van der Waals surface area contributed by atoms with Gasteiger partial charge in [0.15, 0.2) is 0 Å². The van der Waals surface area contributed by atoms with Gasteiger partial charge < -0.3 is 39.9 Å². The Bertz CT molecular complexity index is 441. The summed E-state index contributed by atoms with van der Waals surface area (Å²) < 4.78 is 4.47. The third-order valence-corrected chi connectivity index (χ3v) is 2.55. The van der Waals surface area contributed by atoms with Crippen LogP contribution in [0.2, 0.25) is 0 Å². The van der Waals surface area contributed by atoms with Crippen LogP contribution in [-0.4, -0.2) is 18.9 Å². The van der Waals surface area contributed by atoms with Crippen molar-refractivity contribution in [3.63, 3.8) is 0 Å². The van der Waals surface area contributed by atoms with Crippen molar-refractivity contribution in [2.24, 2.45) is 0 Å². The second-order valence-electron chi connectivity index (χ2n) is 3.99. The van der Waals surface area contributed by atoms with Gasteiger partial charge in [-0.2, -0.15) is 12.1 Å². The number of methoxy groups -OCH3 is 1. The molecule has 0 fully saturated rings. The van der Waals surface area contributed by atoms with Crippen LogP contribution in [0.25, 0.3) is 0 Å². The first-order chi connectivity index (χ1) is 9.24. The van der Waals surface area contributed by atoms with Crippen molar-refractivity contribution in [2.45, 2.75) is 19.3 Å². The molecule has 0 atom stereocenters. The molecule has 0 heterocycles. The summed E-state index contributed by atoms with van der Waals surface area (Å²) in [6, 6.07) is 17.2. The molecule has 0 unspecified atom stereocenters.